The van der Waals surface area contributed by atoms with Gasteiger partial charge in [0.2, 0.25) is 0 Å². The van der Waals surface area contributed by atoms with Gasteiger partial charge in [-0.1, -0.05) is 89.9 Å². The number of methoxy groups -OCH3 is 1. The van der Waals surface area contributed by atoms with E-state index in [-0.39, 0.29) is 19.1 Å². The fourth-order valence-electron chi connectivity index (χ4n) is 4.66. The minimum atomic E-state index is -0.209. The number of ether oxygens (including phenoxy) is 2. The summed E-state index contributed by atoms with van der Waals surface area (Å²) in [4.78, 5) is 15.6. The second-order valence-corrected chi connectivity index (χ2v) is 12.0. The summed E-state index contributed by atoms with van der Waals surface area (Å²) in [6.07, 6.45) is 5.03. The van der Waals surface area contributed by atoms with Gasteiger partial charge >= 0.3 is 0 Å². The molecule has 6 rings (SSSR count). The predicted molar refractivity (Wildman–Crippen MR) is 186 cm³/mol. The van der Waals surface area contributed by atoms with Crippen molar-refractivity contribution >= 4 is 58.3 Å². The van der Waals surface area contributed by atoms with E-state index < -0.39 is 0 Å². The molecule has 0 radical (unpaired) electrons. The zero-order chi connectivity index (χ0) is 31.9. The van der Waals surface area contributed by atoms with Crippen molar-refractivity contribution in [1.82, 2.24) is 4.90 Å². The molecule has 0 N–H and O–H groups in total. The SMILES string of the molecule is COc1cc(/C=C2\S/C(=N\N=C\c3ccc(-c4ccccc4)cc3)N(Cc3ccco3)C2=O)ccc1OCc1ccc(Cl)cc1Cl. The van der Waals surface area contributed by atoms with Gasteiger partial charge < -0.3 is 13.9 Å². The standard InChI is InChI=1S/C36H27Cl2N3O4S/c1-43-33-18-25(11-16-32(33)45-23-28-14-15-29(37)20-31(28)38)19-34-35(42)41(22-30-8-5-17-44-30)36(46-34)40-39-21-24-9-12-27(13-10-24)26-6-3-2-4-7-26/h2-21H,22-23H2,1H3/b34-19-,39-21+,40-36-. The number of furan rings is 1. The molecule has 1 aliphatic heterocycles. The second kappa shape index (κ2) is 14.6. The zero-order valence-electron chi connectivity index (χ0n) is 24.6. The first-order valence-electron chi connectivity index (χ1n) is 14.2. The molecule has 1 amide bonds. The van der Waals surface area contributed by atoms with Crippen LogP contribution in [0.2, 0.25) is 10.0 Å². The molecule has 0 bridgehead atoms. The number of hydrogen-bond donors (Lipinski definition) is 0. The van der Waals surface area contributed by atoms with E-state index in [0.29, 0.717) is 37.4 Å². The summed E-state index contributed by atoms with van der Waals surface area (Å²) in [5.74, 6) is 1.47. The van der Waals surface area contributed by atoms with Crippen LogP contribution < -0.4 is 9.47 Å². The predicted octanol–water partition coefficient (Wildman–Crippen LogP) is 9.35. The highest BCUT2D eigenvalue weighted by atomic mass is 35.5. The molecule has 230 valence electrons. The zero-order valence-corrected chi connectivity index (χ0v) is 26.9. The van der Waals surface area contributed by atoms with Crippen LogP contribution in [0.4, 0.5) is 0 Å². The normalized spacial score (nSPS) is 14.9. The first-order valence-corrected chi connectivity index (χ1v) is 15.8. The Kier molecular flexibility index (Phi) is 9.88. The number of carbonyl (C=O) groups excluding carboxylic acids is 1. The number of rotatable bonds is 10. The number of nitrogens with zero attached hydrogens (tertiary/aromatic N) is 3. The molecule has 0 saturated carbocycles. The Morgan fingerprint density at radius 1 is 0.870 bits per heavy atom. The molecule has 1 fully saturated rings. The van der Waals surface area contributed by atoms with Gasteiger partial charge in [0.15, 0.2) is 16.7 Å². The van der Waals surface area contributed by atoms with E-state index in [1.807, 2.05) is 66.7 Å². The lowest BCUT2D eigenvalue weighted by Crippen LogP contribution is -2.28. The lowest BCUT2D eigenvalue weighted by Gasteiger charge is -2.13. The van der Waals surface area contributed by atoms with Crippen LogP contribution in [0, 0.1) is 0 Å². The molecule has 0 unspecified atom stereocenters. The Morgan fingerprint density at radius 3 is 2.39 bits per heavy atom. The van der Waals surface area contributed by atoms with Gasteiger partial charge in [0, 0.05) is 15.6 Å². The van der Waals surface area contributed by atoms with Gasteiger partial charge in [-0.3, -0.25) is 9.69 Å². The van der Waals surface area contributed by atoms with Crippen molar-refractivity contribution < 1.29 is 18.7 Å². The summed E-state index contributed by atoms with van der Waals surface area (Å²) in [6, 6.07) is 32.5. The Balaban J connectivity index is 1.20. The molecule has 2 heterocycles. The maximum Gasteiger partial charge on any atom is 0.267 e. The van der Waals surface area contributed by atoms with Gasteiger partial charge in [0.25, 0.3) is 5.91 Å². The van der Waals surface area contributed by atoms with Gasteiger partial charge in [0.1, 0.15) is 12.4 Å². The number of benzene rings is 4. The average molecular weight is 669 g/mol. The molecule has 0 aliphatic carbocycles. The lowest BCUT2D eigenvalue weighted by atomic mass is 10.0. The van der Waals surface area contributed by atoms with Crippen molar-refractivity contribution in [3.05, 3.63) is 147 Å². The first kappa shape index (κ1) is 31.2. The largest absolute Gasteiger partial charge is 0.493 e. The summed E-state index contributed by atoms with van der Waals surface area (Å²) in [7, 11) is 1.56. The molecule has 10 heteroatoms. The fourth-order valence-corrected chi connectivity index (χ4v) is 6.05. The van der Waals surface area contributed by atoms with E-state index in [4.69, 9.17) is 37.1 Å². The fraction of sp³-hybridized carbons (Fsp3) is 0.0833. The summed E-state index contributed by atoms with van der Waals surface area (Å²) in [6.45, 7) is 0.458. The molecule has 1 saturated heterocycles. The number of carbonyl (C=O) groups is 1. The van der Waals surface area contributed by atoms with Crippen molar-refractivity contribution in [3.63, 3.8) is 0 Å². The smallest absolute Gasteiger partial charge is 0.267 e. The third kappa shape index (κ3) is 7.54. The van der Waals surface area contributed by atoms with Gasteiger partial charge in [-0.05, 0) is 76.5 Å². The number of halogens is 2. The van der Waals surface area contributed by atoms with Crippen LogP contribution in [-0.4, -0.2) is 29.3 Å². The summed E-state index contributed by atoms with van der Waals surface area (Å²) < 4.78 is 17.1. The van der Waals surface area contributed by atoms with E-state index in [2.05, 4.69) is 22.3 Å². The number of hydrogen-bond acceptors (Lipinski definition) is 7. The number of amides is 1. The van der Waals surface area contributed by atoms with E-state index in [1.165, 1.54) is 11.8 Å². The molecular weight excluding hydrogens is 641 g/mol. The third-order valence-corrected chi connectivity index (χ3v) is 8.62. The topological polar surface area (TPSA) is 76.6 Å². The summed E-state index contributed by atoms with van der Waals surface area (Å²) in [5, 5.41) is 10.3. The van der Waals surface area contributed by atoms with Crippen molar-refractivity contribution in [2.24, 2.45) is 10.2 Å². The molecule has 1 aromatic heterocycles. The minimum absolute atomic E-state index is 0.209. The van der Waals surface area contributed by atoms with Gasteiger partial charge in [-0.25, -0.2) is 0 Å². The van der Waals surface area contributed by atoms with Crippen LogP contribution in [-0.2, 0) is 17.9 Å². The first-order chi connectivity index (χ1) is 22.5. The Hall–Kier alpha value is -4.76. The molecule has 4 aromatic carbocycles. The Bertz CT molecular complexity index is 1930. The van der Waals surface area contributed by atoms with Crippen molar-refractivity contribution in [1.29, 1.82) is 0 Å². The lowest BCUT2D eigenvalue weighted by molar-refractivity contribution is -0.122. The minimum Gasteiger partial charge on any atom is -0.493 e. The van der Waals surface area contributed by atoms with Crippen LogP contribution in [0.15, 0.2) is 129 Å². The van der Waals surface area contributed by atoms with Crippen molar-refractivity contribution in [3.8, 4) is 22.6 Å². The molecule has 0 spiro atoms. The van der Waals surface area contributed by atoms with Gasteiger partial charge in [-0.15, -0.1) is 5.10 Å². The van der Waals surface area contributed by atoms with Gasteiger partial charge in [0.05, 0.1) is 31.0 Å². The van der Waals surface area contributed by atoms with Crippen molar-refractivity contribution in [2.45, 2.75) is 13.2 Å². The van der Waals surface area contributed by atoms with E-state index in [9.17, 15) is 4.79 Å². The van der Waals surface area contributed by atoms with Crippen molar-refractivity contribution in [2.75, 3.05) is 7.11 Å². The monoisotopic (exact) mass is 667 g/mol. The second-order valence-electron chi connectivity index (χ2n) is 10.1. The van der Waals surface area contributed by atoms with Gasteiger partial charge in [-0.2, -0.15) is 5.10 Å². The van der Waals surface area contributed by atoms with E-state index in [1.54, 1.807) is 54.8 Å². The van der Waals surface area contributed by atoms with Crippen LogP contribution in [0.25, 0.3) is 17.2 Å². The van der Waals surface area contributed by atoms with Crippen LogP contribution in [0.5, 0.6) is 11.5 Å². The number of thioether (sulfide) groups is 1. The molecule has 0 atom stereocenters. The maximum atomic E-state index is 13.6. The third-order valence-electron chi connectivity index (χ3n) is 7.03. The highest BCUT2D eigenvalue weighted by molar-refractivity contribution is 8.18. The highest BCUT2D eigenvalue weighted by Gasteiger charge is 2.34. The number of amidine groups is 1. The quantitative estimate of drug-likeness (QED) is 0.0842. The van der Waals surface area contributed by atoms with Crippen LogP contribution in [0.3, 0.4) is 0 Å². The van der Waals surface area contributed by atoms with Crippen LogP contribution >= 0.6 is 35.0 Å². The van der Waals surface area contributed by atoms with E-state index in [0.717, 1.165) is 27.8 Å². The average Bonchev–Trinajstić information content (AvgIpc) is 3.70. The molecular formula is C36H27Cl2N3O4S. The Labute approximate surface area is 280 Å². The van der Waals surface area contributed by atoms with Crippen LogP contribution in [0.1, 0.15) is 22.5 Å². The molecule has 46 heavy (non-hydrogen) atoms. The molecule has 5 aromatic rings. The Morgan fingerprint density at radius 2 is 1.65 bits per heavy atom. The molecule has 1 aliphatic rings. The highest BCUT2D eigenvalue weighted by Crippen LogP contribution is 2.36. The maximum absolute atomic E-state index is 13.6. The summed E-state index contributed by atoms with van der Waals surface area (Å²) in [5.41, 5.74) is 4.69. The summed E-state index contributed by atoms with van der Waals surface area (Å²) >= 11 is 13.5. The molecule has 7 nitrogen and oxygen atoms in total. The van der Waals surface area contributed by atoms with E-state index >= 15 is 0 Å².